The van der Waals surface area contributed by atoms with Gasteiger partial charge in [-0.25, -0.2) is 9.59 Å². The number of nitrogens with one attached hydrogen (secondary N) is 2. The molecule has 2 bridgehead atoms. The van der Waals surface area contributed by atoms with Crippen LogP contribution in [0.5, 0.6) is 0 Å². The number of amides is 1. The molecule has 1 amide bonds. The van der Waals surface area contributed by atoms with Gasteiger partial charge in [-0.1, -0.05) is 0 Å². The van der Waals surface area contributed by atoms with E-state index in [0.717, 1.165) is 12.8 Å². The number of anilines is 1. The molecular weight excluding hydrogens is 372 g/mol. The minimum absolute atomic E-state index is 0. The maximum absolute atomic E-state index is 12.5. The molecule has 0 radical (unpaired) electrons. The van der Waals surface area contributed by atoms with Crippen LogP contribution in [0, 0.1) is 5.92 Å². The number of methoxy groups -OCH3 is 2. The molecule has 3 rings (SSSR count). The molecule has 1 aromatic rings. The summed E-state index contributed by atoms with van der Waals surface area (Å²) in [5.74, 6) is -0.922. The van der Waals surface area contributed by atoms with Crippen molar-refractivity contribution in [1.29, 1.82) is 0 Å². The molecule has 7 nitrogen and oxygen atoms in total. The quantitative estimate of drug-likeness (QED) is 0.743. The summed E-state index contributed by atoms with van der Waals surface area (Å²) in [7, 11) is 2.52. The summed E-state index contributed by atoms with van der Waals surface area (Å²) in [6.07, 6.45) is 4.84. The Balaban J connectivity index is 0.00000261. The van der Waals surface area contributed by atoms with Crippen molar-refractivity contribution < 1.29 is 23.9 Å². The highest BCUT2D eigenvalue weighted by Crippen LogP contribution is 2.32. The number of hydrogen-bond donors (Lipinski definition) is 2. The molecule has 148 valence electrons. The van der Waals surface area contributed by atoms with Gasteiger partial charge in [0, 0.05) is 24.2 Å². The smallest absolute Gasteiger partial charge is 0.337 e. The minimum atomic E-state index is -0.582. The van der Waals surface area contributed by atoms with Crippen molar-refractivity contribution >= 4 is 35.9 Å². The highest BCUT2D eigenvalue weighted by atomic mass is 35.5. The monoisotopic (exact) mass is 396 g/mol. The third-order valence-corrected chi connectivity index (χ3v) is 5.10. The third-order valence-electron chi connectivity index (χ3n) is 5.10. The number of benzene rings is 1. The lowest BCUT2D eigenvalue weighted by Gasteiger charge is -2.28. The van der Waals surface area contributed by atoms with E-state index in [4.69, 9.17) is 9.47 Å². The Morgan fingerprint density at radius 2 is 1.52 bits per heavy atom. The van der Waals surface area contributed by atoms with Crippen molar-refractivity contribution in [3.63, 3.8) is 0 Å². The van der Waals surface area contributed by atoms with Crippen LogP contribution in [-0.2, 0) is 14.3 Å². The summed E-state index contributed by atoms with van der Waals surface area (Å²) in [5, 5.41) is 6.36. The summed E-state index contributed by atoms with van der Waals surface area (Å²) >= 11 is 0. The Hall–Kier alpha value is -2.12. The summed E-state index contributed by atoms with van der Waals surface area (Å²) in [4.78, 5) is 36.1. The first-order valence-electron chi connectivity index (χ1n) is 8.86. The molecule has 0 aliphatic carbocycles. The van der Waals surface area contributed by atoms with Crippen LogP contribution in [-0.4, -0.2) is 44.1 Å². The maximum atomic E-state index is 12.5. The van der Waals surface area contributed by atoms with Crippen molar-refractivity contribution in [1.82, 2.24) is 5.32 Å². The predicted octanol–water partition coefficient (Wildman–Crippen LogP) is 2.54. The van der Waals surface area contributed by atoms with Crippen LogP contribution in [0.3, 0.4) is 0 Å². The number of rotatable bonds is 5. The molecule has 1 aromatic carbocycles. The van der Waals surface area contributed by atoms with Crippen LogP contribution >= 0.6 is 12.4 Å². The number of carbonyl (C=O) groups excluding carboxylic acids is 3. The zero-order valence-corrected chi connectivity index (χ0v) is 16.3. The van der Waals surface area contributed by atoms with Gasteiger partial charge in [-0.05, 0) is 49.8 Å². The predicted molar refractivity (Wildman–Crippen MR) is 102 cm³/mol. The summed E-state index contributed by atoms with van der Waals surface area (Å²) < 4.78 is 9.41. The Bertz CT molecular complexity index is 678. The first-order chi connectivity index (χ1) is 12.5. The Morgan fingerprint density at radius 3 is 2.00 bits per heavy atom. The normalized spacial score (nSPS) is 23.1. The molecule has 2 saturated heterocycles. The standard InChI is InChI=1S/C19H24N2O5.ClH/c1-25-18(23)12-8-13(19(24)26-2)10-16(9-12)21-17(22)7-11-5-14-3-4-15(6-11)20-14;/h8-11,14-15,20H,3-7H2,1-2H3,(H,21,22);1H. The molecule has 2 aliphatic rings. The van der Waals surface area contributed by atoms with Crippen LogP contribution in [0.15, 0.2) is 18.2 Å². The fourth-order valence-corrected chi connectivity index (χ4v) is 3.99. The first-order valence-corrected chi connectivity index (χ1v) is 8.86. The molecule has 2 heterocycles. The lowest BCUT2D eigenvalue weighted by atomic mass is 9.89. The number of hydrogen-bond acceptors (Lipinski definition) is 6. The fourth-order valence-electron chi connectivity index (χ4n) is 3.99. The largest absolute Gasteiger partial charge is 0.465 e. The lowest BCUT2D eigenvalue weighted by Crippen LogP contribution is -2.39. The van der Waals surface area contributed by atoms with E-state index < -0.39 is 11.9 Å². The van der Waals surface area contributed by atoms with E-state index in [9.17, 15) is 14.4 Å². The van der Waals surface area contributed by atoms with E-state index in [-0.39, 0.29) is 29.4 Å². The molecule has 8 heteroatoms. The van der Waals surface area contributed by atoms with E-state index in [1.54, 1.807) is 0 Å². The molecular formula is C19H25ClN2O5. The average Bonchev–Trinajstić information content (AvgIpc) is 2.98. The van der Waals surface area contributed by atoms with Crippen molar-refractivity contribution in [2.24, 2.45) is 5.92 Å². The molecule has 2 aliphatic heterocycles. The van der Waals surface area contributed by atoms with Crippen LogP contribution < -0.4 is 10.6 Å². The van der Waals surface area contributed by atoms with Gasteiger partial charge in [0.2, 0.25) is 5.91 Å². The van der Waals surface area contributed by atoms with E-state index in [1.807, 2.05) is 0 Å². The number of esters is 2. The van der Waals surface area contributed by atoms with Gasteiger partial charge in [-0.3, -0.25) is 4.79 Å². The van der Waals surface area contributed by atoms with Crippen molar-refractivity contribution in [3.05, 3.63) is 29.3 Å². The Kier molecular flexibility index (Phi) is 7.21. The van der Waals surface area contributed by atoms with E-state index >= 15 is 0 Å². The Labute approximate surface area is 164 Å². The van der Waals surface area contributed by atoms with Gasteiger partial charge in [0.1, 0.15) is 0 Å². The second kappa shape index (κ2) is 9.19. The number of carbonyl (C=O) groups is 3. The molecule has 2 unspecified atom stereocenters. The van der Waals surface area contributed by atoms with Crippen LogP contribution in [0.1, 0.15) is 52.8 Å². The Morgan fingerprint density at radius 1 is 1.00 bits per heavy atom. The number of halogens is 1. The van der Waals surface area contributed by atoms with Crippen molar-refractivity contribution in [2.45, 2.75) is 44.2 Å². The molecule has 0 saturated carbocycles. The second-order valence-corrected chi connectivity index (χ2v) is 7.01. The molecule has 0 aromatic heterocycles. The third kappa shape index (κ3) is 5.20. The summed E-state index contributed by atoms with van der Waals surface area (Å²) in [5.41, 5.74) is 0.756. The number of ether oxygens (including phenoxy) is 2. The first kappa shape index (κ1) is 21.2. The molecule has 27 heavy (non-hydrogen) atoms. The highest BCUT2D eigenvalue weighted by Gasteiger charge is 2.34. The van der Waals surface area contributed by atoms with E-state index in [1.165, 1.54) is 45.3 Å². The van der Waals surface area contributed by atoms with E-state index in [0.29, 0.717) is 30.1 Å². The lowest BCUT2D eigenvalue weighted by molar-refractivity contribution is -0.117. The van der Waals surface area contributed by atoms with Gasteiger partial charge in [0.15, 0.2) is 0 Å². The number of fused-ring (bicyclic) bond motifs is 2. The molecule has 2 fully saturated rings. The van der Waals surface area contributed by atoms with Crippen LogP contribution in [0.25, 0.3) is 0 Å². The van der Waals surface area contributed by atoms with Gasteiger partial charge in [-0.15, -0.1) is 12.4 Å². The van der Waals surface area contributed by atoms with Gasteiger partial charge < -0.3 is 20.1 Å². The topological polar surface area (TPSA) is 93.7 Å². The SMILES string of the molecule is COC(=O)c1cc(NC(=O)CC2CC3CCC(C2)N3)cc(C(=O)OC)c1.Cl. The number of piperidine rings is 1. The zero-order valence-electron chi connectivity index (χ0n) is 15.4. The summed E-state index contributed by atoms with van der Waals surface area (Å²) in [6.45, 7) is 0. The molecule has 2 atom stereocenters. The van der Waals surface area contributed by atoms with Crippen molar-refractivity contribution in [3.8, 4) is 0 Å². The van der Waals surface area contributed by atoms with Crippen molar-refractivity contribution in [2.75, 3.05) is 19.5 Å². The highest BCUT2D eigenvalue weighted by molar-refractivity contribution is 5.99. The fraction of sp³-hybridized carbons (Fsp3) is 0.526. The van der Waals surface area contributed by atoms with Gasteiger partial charge >= 0.3 is 11.9 Å². The molecule has 0 spiro atoms. The summed E-state index contributed by atoms with van der Waals surface area (Å²) in [6, 6.07) is 5.45. The van der Waals surface area contributed by atoms with Gasteiger partial charge in [0.25, 0.3) is 0 Å². The molecule has 2 N–H and O–H groups in total. The second-order valence-electron chi connectivity index (χ2n) is 7.01. The van der Waals surface area contributed by atoms with E-state index in [2.05, 4.69) is 10.6 Å². The van der Waals surface area contributed by atoms with Gasteiger partial charge in [0.05, 0.1) is 25.3 Å². The minimum Gasteiger partial charge on any atom is -0.465 e. The average molecular weight is 397 g/mol. The van der Waals surface area contributed by atoms with Crippen LogP contribution in [0.2, 0.25) is 0 Å². The zero-order chi connectivity index (χ0) is 18.7. The maximum Gasteiger partial charge on any atom is 0.337 e. The van der Waals surface area contributed by atoms with Crippen LogP contribution in [0.4, 0.5) is 5.69 Å². The van der Waals surface area contributed by atoms with Gasteiger partial charge in [-0.2, -0.15) is 0 Å².